The molecule has 104 valence electrons. The van der Waals surface area contributed by atoms with Crippen LogP contribution in [0.4, 0.5) is 0 Å². The van der Waals surface area contributed by atoms with Crippen molar-refractivity contribution in [3.05, 3.63) is 34.3 Å². The third-order valence-electron chi connectivity index (χ3n) is 4.40. The summed E-state index contributed by atoms with van der Waals surface area (Å²) >= 11 is 8.62. The Hall–Kier alpha value is -0.180. The Morgan fingerprint density at radius 3 is 2.63 bits per heavy atom. The standard InChI is InChI=1S/C16H22ClNS/c17-15-11-13(16-3-1-2-8-18-16)4-5-14(15)12-6-9-19-10-7-12/h4-5,11-12,16,18H,1-3,6-10H2. The maximum atomic E-state index is 6.55. The summed E-state index contributed by atoms with van der Waals surface area (Å²) in [5.74, 6) is 3.25. The molecule has 1 unspecified atom stereocenters. The number of halogens is 1. The Morgan fingerprint density at radius 1 is 1.11 bits per heavy atom. The monoisotopic (exact) mass is 295 g/mol. The van der Waals surface area contributed by atoms with Gasteiger partial charge in [-0.15, -0.1) is 0 Å². The van der Waals surface area contributed by atoms with Crippen LogP contribution in [0.1, 0.15) is 55.2 Å². The molecule has 1 atom stereocenters. The average molecular weight is 296 g/mol. The first-order chi connectivity index (χ1) is 9.34. The fourth-order valence-electron chi connectivity index (χ4n) is 3.24. The van der Waals surface area contributed by atoms with Crippen molar-refractivity contribution in [3.63, 3.8) is 0 Å². The molecule has 2 heterocycles. The van der Waals surface area contributed by atoms with Crippen molar-refractivity contribution in [2.24, 2.45) is 0 Å². The van der Waals surface area contributed by atoms with E-state index in [2.05, 4.69) is 35.3 Å². The summed E-state index contributed by atoms with van der Waals surface area (Å²) < 4.78 is 0. The summed E-state index contributed by atoms with van der Waals surface area (Å²) in [6.45, 7) is 1.14. The SMILES string of the molecule is Clc1cc(C2CCCCN2)ccc1C1CCSCC1. The van der Waals surface area contributed by atoms with Crippen LogP contribution in [-0.2, 0) is 0 Å². The molecule has 0 aliphatic carbocycles. The lowest BCUT2D eigenvalue weighted by Gasteiger charge is -2.26. The number of rotatable bonds is 2. The second kappa shape index (κ2) is 6.51. The van der Waals surface area contributed by atoms with E-state index in [1.165, 1.54) is 54.7 Å². The van der Waals surface area contributed by atoms with E-state index in [4.69, 9.17) is 11.6 Å². The third-order valence-corrected chi connectivity index (χ3v) is 5.77. The maximum Gasteiger partial charge on any atom is 0.0444 e. The highest BCUT2D eigenvalue weighted by molar-refractivity contribution is 7.99. The van der Waals surface area contributed by atoms with Crippen LogP contribution < -0.4 is 5.32 Å². The van der Waals surface area contributed by atoms with Gasteiger partial charge >= 0.3 is 0 Å². The van der Waals surface area contributed by atoms with Crippen molar-refractivity contribution in [1.82, 2.24) is 5.32 Å². The van der Waals surface area contributed by atoms with Gasteiger partial charge in [0.15, 0.2) is 0 Å². The maximum absolute atomic E-state index is 6.55. The highest BCUT2D eigenvalue weighted by Crippen LogP contribution is 2.37. The number of benzene rings is 1. The predicted molar refractivity (Wildman–Crippen MR) is 85.3 cm³/mol. The third kappa shape index (κ3) is 3.29. The molecule has 1 nitrogen and oxygen atoms in total. The quantitative estimate of drug-likeness (QED) is 0.844. The molecule has 0 amide bonds. The van der Waals surface area contributed by atoms with Gasteiger partial charge in [-0.25, -0.2) is 0 Å². The van der Waals surface area contributed by atoms with E-state index in [0.717, 1.165) is 11.6 Å². The van der Waals surface area contributed by atoms with Crippen molar-refractivity contribution < 1.29 is 0 Å². The zero-order valence-electron chi connectivity index (χ0n) is 11.3. The van der Waals surface area contributed by atoms with Crippen LogP contribution >= 0.6 is 23.4 Å². The van der Waals surface area contributed by atoms with Gasteiger partial charge in [0.2, 0.25) is 0 Å². The molecule has 0 aromatic heterocycles. The summed E-state index contributed by atoms with van der Waals surface area (Å²) in [4.78, 5) is 0. The first kappa shape index (κ1) is 13.8. The van der Waals surface area contributed by atoms with E-state index in [1.807, 2.05) is 0 Å². The highest BCUT2D eigenvalue weighted by Gasteiger charge is 2.20. The lowest BCUT2D eigenvalue weighted by molar-refractivity contribution is 0.412. The summed E-state index contributed by atoms with van der Waals surface area (Å²) in [6.07, 6.45) is 6.45. The molecule has 2 fully saturated rings. The molecule has 1 aromatic rings. The number of piperidine rings is 1. The Labute approximate surface area is 125 Å². The number of hydrogen-bond acceptors (Lipinski definition) is 2. The van der Waals surface area contributed by atoms with Crippen molar-refractivity contribution in [2.45, 2.75) is 44.1 Å². The molecule has 2 aliphatic rings. The van der Waals surface area contributed by atoms with Gasteiger partial charge in [-0.1, -0.05) is 30.2 Å². The van der Waals surface area contributed by atoms with Crippen LogP contribution in [0.5, 0.6) is 0 Å². The molecular weight excluding hydrogens is 274 g/mol. The van der Waals surface area contributed by atoms with Gasteiger partial charge in [-0.3, -0.25) is 0 Å². The van der Waals surface area contributed by atoms with Crippen molar-refractivity contribution in [2.75, 3.05) is 18.1 Å². The van der Waals surface area contributed by atoms with Gasteiger partial charge < -0.3 is 5.32 Å². The van der Waals surface area contributed by atoms with Gasteiger partial charge in [0.05, 0.1) is 0 Å². The molecule has 2 saturated heterocycles. The van der Waals surface area contributed by atoms with E-state index < -0.39 is 0 Å². The van der Waals surface area contributed by atoms with Crippen LogP contribution in [0.15, 0.2) is 18.2 Å². The van der Waals surface area contributed by atoms with Crippen molar-refractivity contribution in [1.29, 1.82) is 0 Å². The number of nitrogens with one attached hydrogen (secondary N) is 1. The summed E-state index contributed by atoms with van der Waals surface area (Å²) in [5, 5.41) is 4.59. The molecular formula is C16H22ClNS. The number of hydrogen-bond donors (Lipinski definition) is 1. The first-order valence-electron chi connectivity index (χ1n) is 7.45. The summed E-state index contributed by atoms with van der Waals surface area (Å²) in [6, 6.07) is 7.31. The second-order valence-electron chi connectivity index (χ2n) is 5.67. The minimum absolute atomic E-state index is 0.516. The zero-order valence-corrected chi connectivity index (χ0v) is 12.9. The molecule has 0 bridgehead atoms. The van der Waals surface area contributed by atoms with Crippen LogP contribution in [0.25, 0.3) is 0 Å². The fourth-order valence-corrected chi connectivity index (χ4v) is 4.69. The molecule has 3 rings (SSSR count). The first-order valence-corrected chi connectivity index (χ1v) is 8.98. The van der Waals surface area contributed by atoms with Gasteiger partial charge in [-0.05, 0) is 66.8 Å². The van der Waals surface area contributed by atoms with Crippen molar-refractivity contribution >= 4 is 23.4 Å². The van der Waals surface area contributed by atoms with Crippen LogP contribution in [0.2, 0.25) is 5.02 Å². The minimum atomic E-state index is 0.516. The van der Waals surface area contributed by atoms with Gasteiger partial charge in [-0.2, -0.15) is 11.8 Å². The summed E-state index contributed by atoms with van der Waals surface area (Å²) in [5.41, 5.74) is 2.75. The molecule has 1 aromatic carbocycles. The van der Waals surface area contributed by atoms with E-state index in [9.17, 15) is 0 Å². The molecule has 0 radical (unpaired) electrons. The molecule has 0 saturated carbocycles. The van der Waals surface area contributed by atoms with E-state index in [-0.39, 0.29) is 0 Å². The van der Waals surface area contributed by atoms with E-state index in [1.54, 1.807) is 0 Å². The van der Waals surface area contributed by atoms with Gasteiger partial charge in [0.25, 0.3) is 0 Å². The van der Waals surface area contributed by atoms with Gasteiger partial charge in [0, 0.05) is 11.1 Å². The molecule has 2 aliphatic heterocycles. The van der Waals surface area contributed by atoms with Crippen LogP contribution in [-0.4, -0.2) is 18.1 Å². The summed E-state index contributed by atoms with van der Waals surface area (Å²) in [7, 11) is 0. The smallest absolute Gasteiger partial charge is 0.0444 e. The van der Waals surface area contributed by atoms with E-state index >= 15 is 0 Å². The largest absolute Gasteiger partial charge is 0.310 e. The Morgan fingerprint density at radius 2 is 1.95 bits per heavy atom. The lowest BCUT2D eigenvalue weighted by Crippen LogP contribution is -2.26. The highest BCUT2D eigenvalue weighted by atomic mass is 35.5. The van der Waals surface area contributed by atoms with Crippen LogP contribution in [0.3, 0.4) is 0 Å². The van der Waals surface area contributed by atoms with Crippen molar-refractivity contribution in [3.8, 4) is 0 Å². The minimum Gasteiger partial charge on any atom is -0.310 e. The molecule has 3 heteroatoms. The lowest BCUT2D eigenvalue weighted by atomic mass is 9.90. The molecule has 19 heavy (non-hydrogen) atoms. The fraction of sp³-hybridized carbons (Fsp3) is 0.625. The zero-order chi connectivity index (χ0) is 13.1. The second-order valence-corrected chi connectivity index (χ2v) is 7.30. The average Bonchev–Trinajstić information content (AvgIpc) is 2.49. The van der Waals surface area contributed by atoms with Crippen LogP contribution in [0, 0.1) is 0 Å². The molecule has 0 spiro atoms. The normalized spacial score (nSPS) is 25.4. The van der Waals surface area contributed by atoms with Gasteiger partial charge in [0.1, 0.15) is 0 Å². The molecule has 1 N–H and O–H groups in total. The van der Waals surface area contributed by atoms with E-state index in [0.29, 0.717) is 12.0 Å². The number of thioether (sulfide) groups is 1. The Kier molecular flexibility index (Phi) is 4.73. The Balaban J connectivity index is 1.76. The Bertz CT molecular complexity index is 423. The topological polar surface area (TPSA) is 12.0 Å². The predicted octanol–water partition coefficient (Wildman–Crippen LogP) is 4.77.